The molecule has 0 radical (unpaired) electrons. The van der Waals surface area contributed by atoms with Crippen LogP contribution in [0.4, 0.5) is 26.9 Å². The number of fused-ring (bicyclic) bond motifs is 1. The summed E-state index contributed by atoms with van der Waals surface area (Å²) in [6.07, 6.45) is 1.44. The molecule has 0 spiro atoms. The zero-order valence-corrected chi connectivity index (χ0v) is 25.1. The maximum absolute atomic E-state index is 13.0. The highest BCUT2D eigenvalue weighted by Crippen LogP contribution is 2.40. The van der Waals surface area contributed by atoms with E-state index in [0.29, 0.717) is 10.9 Å². The first-order valence-electron chi connectivity index (χ1n) is 12.7. The van der Waals surface area contributed by atoms with Crippen molar-refractivity contribution in [3.05, 3.63) is 30.3 Å². The highest BCUT2D eigenvalue weighted by Gasteiger charge is 2.43. The Balaban J connectivity index is 1.61. The normalized spacial score (nSPS) is 17.5. The number of benzene rings is 2. The first-order chi connectivity index (χ1) is 19.0. The third-order valence-electron chi connectivity index (χ3n) is 7.28. The summed E-state index contributed by atoms with van der Waals surface area (Å²) in [7, 11) is -2.36. The molecule has 2 aromatic carbocycles. The number of rotatable bonds is 6. The van der Waals surface area contributed by atoms with Gasteiger partial charge in [0, 0.05) is 29.4 Å². The van der Waals surface area contributed by atoms with Gasteiger partial charge in [-0.3, -0.25) is 14.2 Å². The van der Waals surface area contributed by atoms with E-state index in [-0.39, 0.29) is 49.8 Å². The van der Waals surface area contributed by atoms with Gasteiger partial charge in [-0.1, -0.05) is 0 Å². The van der Waals surface area contributed by atoms with Gasteiger partial charge in [-0.25, -0.2) is 4.79 Å². The van der Waals surface area contributed by atoms with E-state index in [1.807, 2.05) is 0 Å². The predicted molar refractivity (Wildman–Crippen MR) is 157 cm³/mol. The number of carbonyl (C=O) groups excluding carboxylic acids is 2. The van der Waals surface area contributed by atoms with Gasteiger partial charge in [-0.2, -0.15) is 12.8 Å². The molecule has 5 N–H and O–H groups in total. The zero-order valence-electron chi connectivity index (χ0n) is 23.5. The zero-order chi connectivity index (χ0) is 30.3. The summed E-state index contributed by atoms with van der Waals surface area (Å²) >= 11 is 0.964. The van der Waals surface area contributed by atoms with E-state index >= 15 is 0 Å². The Kier molecular flexibility index (Phi) is 8.10. The number of azo groups is 1. The molecule has 0 saturated carbocycles. The van der Waals surface area contributed by atoms with E-state index in [1.54, 1.807) is 0 Å². The minimum Gasteiger partial charge on any atom is -0.504 e. The van der Waals surface area contributed by atoms with Crippen LogP contribution >= 0.6 is 11.5 Å². The number of phenolic OH excluding ortho intramolecular Hbond substituents is 1. The maximum Gasteiger partial charge on any atom is 0.319 e. The van der Waals surface area contributed by atoms with Crippen molar-refractivity contribution in [2.75, 3.05) is 17.7 Å². The van der Waals surface area contributed by atoms with E-state index in [0.717, 1.165) is 24.4 Å². The predicted octanol–water partition coefficient (Wildman–Crippen LogP) is 5.40. The number of aromatic nitrogens is 1. The smallest absolute Gasteiger partial charge is 0.319 e. The number of piperidine rings is 1. The number of nitrogens with zero attached hydrogens (tertiary/aromatic N) is 4. The van der Waals surface area contributed by atoms with Crippen LogP contribution in [0, 0.1) is 0 Å². The fourth-order valence-electron chi connectivity index (χ4n) is 5.12. The number of hydrogen-bond donors (Lipinski definition) is 5. The topological polar surface area (TPSA) is 186 Å². The number of anilines is 2. The van der Waals surface area contributed by atoms with Crippen molar-refractivity contribution in [2.45, 2.75) is 69.5 Å². The highest BCUT2D eigenvalue weighted by atomic mass is 32.2. The maximum atomic E-state index is 13.0. The lowest BCUT2D eigenvalue weighted by Crippen LogP contribution is -2.62. The van der Waals surface area contributed by atoms with Crippen molar-refractivity contribution in [3.8, 4) is 5.75 Å². The fourth-order valence-corrected chi connectivity index (χ4v) is 6.31. The molecule has 1 aliphatic heterocycles. The SMILES string of the molecule is CC(=O)Nc1cc(N=Nc2snc3ccc(S(=O)(=O)O)cc23)cc(NC(=O)NC2CC(C)(C)N(C)C(C)(C)C2)c1O. The monoisotopic (exact) mass is 603 g/mol. The first kappa shape index (κ1) is 30.3. The average Bonchev–Trinajstić information content (AvgIpc) is 3.25. The number of likely N-dealkylation sites (tertiary alicyclic amines) is 1. The molecule has 1 fully saturated rings. The molecule has 1 saturated heterocycles. The minimum absolute atomic E-state index is 0.00280. The van der Waals surface area contributed by atoms with Crippen LogP contribution in [0.5, 0.6) is 5.75 Å². The molecule has 2 heterocycles. The number of aromatic hydroxyl groups is 1. The molecule has 41 heavy (non-hydrogen) atoms. The molecule has 1 aliphatic rings. The van der Waals surface area contributed by atoms with Gasteiger partial charge in [0.25, 0.3) is 10.1 Å². The van der Waals surface area contributed by atoms with Crippen LogP contribution in [-0.2, 0) is 14.9 Å². The van der Waals surface area contributed by atoms with Gasteiger partial charge in [0.15, 0.2) is 10.8 Å². The lowest BCUT2D eigenvalue weighted by molar-refractivity contribution is -0.114. The Morgan fingerprint density at radius 1 is 1.05 bits per heavy atom. The lowest BCUT2D eigenvalue weighted by Gasteiger charge is -2.53. The summed E-state index contributed by atoms with van der Waals surface area (Å²) in [5.41, 5.74) is 0.342. The van der Waals surface area contributed by atoms with Gasteiger partial charge in [0.1, 0.15) is 0 Å². The molecule has 0 aliphatic carbocycles. The van der Waals surface area contributed by atoms with Crippen molar-refractivity contribution in [1.82, 2.24) is 14.6 Å². The van der Waals surface area contributed by atoms with Gasteiger partial charge in [-0.05, 0) is 89.4 Å². The van der Waals surface area contributed by atoms with E-state index < -0.39 is 22.1 Å². The average molecular weight is 604 g/mol. The Labute approximate surface area is 242 Å². The molecular weight excluding hydrogens is 570 g/mol. The van der Waals surface area contributed by atoms with E-state index in [1.165, 1.54) is 37.3 Å². The molecule has 220 valence electrons. The second-order valence-electron chi connectivity index (χ2n) is 11.3. The van der Waals surface area contributed by atoms with E-state index in [4.69, 9.17) is 0 Å². The molecule has 13 nitrogen and oxygen atoms in total. The molecule has 3 amide bonds. The second-order valence-corrected chi connectivity index (χ2v) is 13.5. The van der Waals surface area contributed by atoms with Gasteiger partial charge in [0.05, 0.1) is 27.5 Å². The Bertz CT molecular complexity index is 1630. The Hall–Kier alpha value is -3.66. The van der Waals surface area contributed by atoms with Crippen molar-refractivity contribution in [2.24, 2.45) is 10.2 Å². The highest BCUT2D eigenvalue weighted by molar-refractivity contribution is 7.85. The third-order valence-corrected chi connectivity index (χ3v) is 8.89. The number of urea groups is 1. The summed E-state index contributed by atoms with van der Waals surface area (Å²) in [5.74, 6) is -0.814. The number of carbonyl (C=O) groups is 2. The molecule has 0 bridgehead atoms. The van der Waals surface area contributed by atoms with Gasteiger partial charge < -0.3 is 21.1 Å². The van der Waals surface area contributed by atoms with Crippen LogP contribution in [-0.4, -0.2) is 63.5 Å². The summed E-state index contributed by atoms with van der Waals surface area (Å²) in [6, 6.07) is 6.02. The molecular formula is C26H33N7O6S2. The molecule has 0 atom stereocenters. The van der Waals surface area contributed by atoms with Crippen LogP contribution < -0.4 is 16.0 Å². The quantitative estimate of drug-likeness (QED) is 0.141. The van der Waals surface area contributed by atoms with Gasteiger partial charge in [-0.15, -0.1) is 10.2 Å². The largest absolute Gasteiger partial charge is 0.504 e. The summed E-state index contributed by atoms with van der Waals surface area (Å²) in [6.45, 7) is 9.76. The third kappa shape index (κ3) is 6.81. The number of phenols is 1. The molecule has 3 aromatic rings. The fraction of sp³-hybridized carbons (Fsp3) is 0.423. The van der Waals surface area contributed by atoms with E-state index in [2.05, 4.69) is 70.2 Å². The lowest BCUT2D eigenvalue weighted by atomic mass is 9.77. The minimum atomic E-state index is -4.43. The Morgan fingerprint density at radius 2 is 1.66 bits per heavy atom. The van der Waals surface area contributed by atoms with Crippen LogP contribution in [0.15, 0.2) is 45.5 Å². The van der Waals surface area contributed by atoms with Crippen LogP contribution in [0.1, 0.15) is 47.5 Å². The van der Waals surface area contributed by atoms with Crippen LogP contribution in [0.25, 0.3) is 10.9 Å². The first-order valence-corrected chi connectivity index (χ1v) is 14.9. The van der Waals surface area contributed by atoms with Gasteiger partial charge >= 0.3 is 6.03 Å². The van der Waals surface area contributed by atoms with Crippen molar-refractivity contribution < 1.29 is 27.7 Å². The van der Waals surface area contributed by atoms with Crippen molar-refractivity contribution >= 4 is 66.6 Å². The Morgan fingerprint density at radius 3 is 2.24 bits per heavy atom. The summed E-state index contributed by atoms with van der Waals surface area (Å²) in [4.78, 5) is 26.8. The number of nitrogens with one attached hydrogen (secondary N) is 3. The molecule has 4 rings (SSSR count). The number of amides is 3. The standard InChI is InChI=1S/C26H33N7O6S2/c1-14(34)27-20-9-15(30-31-23-18-11-17(41(37,38)39)7-8-19(18)32-40-23)10-21(22(20)35)29-24(36)28-16-12-25(2,3)33(6)26(4,5)13-16/h7-11,16,35H,12-13H2,1-6H3,(H,27,34)(H2,28,29,36)(H,37,38,39). The number of hydrogen-bond acceptors (Lipinski definition) is 10. The summed E-state index contributed by atoms with van der Waals surface area (Å²) < 4.78 is 36.7. The summed E-state index contributed by atoms with van der Waals surface area (Å²) in [5, 5.41) is 27.9. The van der Waals surface area contributed by atoms with Crippen molar-refractivity contribution in [1.29, 1.82) is 0 Å². The second kappa shape index (κ2) is 11.0. The van der Waals surface area contributed by atoms with Gasteiger partial charge in [0.2, 0.25) is 5.91 Å². The van der Waals surface area contributed by atoms with Crippen LogP contribution in [0.3, 0.4) is 0 Å². The van der Waals surface area contributed by atoms with Crippen molar-refractivity contribution in [3.63, 3.8) is 0 Å². The molecule has 15 heteroatoms. The molecule has 1 aromatic heterocycles. The van der Waals surface area contributed by atoms with E-state index in [9.17, 15) is 27.7 Å². The van der Waals surface area contributed by atoms with Crippen LogP contribution in [0.2, 0.25) is 0 Å². The molecule has 0 unspecified atom stereocenters.